The molecule has 1 saturated heterocycles. The first kappa shape index (κ1) is 12.1. The van der Waals surface area contributed by atoms with Crippen molar-refractivity contribution in [3.63, 3.8) is 0 Å². The van der Waals surface area contributed by atoms with Gasteiger partial charge in [-0.2, -0.15) is 0 Å². The number of nitrogens with one attached hydrogen (secondary N) is 2. The zero-order chi connectivity index (χ0) is 13.3. The van der Waals surface area contributed by atoms with Gasteiger partial charge in [-0.15, -0.1) is 0 Å². The molecule has 1 atom stereocenters. The molecule has 0 saturated carbocycles. The molecule has 0 bridgehead atoms. The summed E-state index contributed by atoms with van der Waals surface area (Å²) in [6.45, 7) is 0.296. The number of carbonyl (C=O) groups excluding carboxylic acids is 1. The van der Waals surface area contributed by atoms with Gasteiger partial charge < -0.3 is 15.0 Å². The van der Waals surface area contributed by atoms with E-state index in [1.165, 1.54) is 0 Å². The normalized spacial score (nSPS) is 18.9. The summed E-state index contributed by atoms with van der Waals surface area (Å²) in [6.07, 6.45) is 0.949. The van der Waals surface area contributed by atoms with Crippen LogP contribution in [0, 0.1) is 0 Å². The summed E-state index contributed by atoms with van der Waals surface area (Å²) in [7, 11) is 0. The van der Waals surface area contributed by atoms with Crippen LogP contribution in [0.5, 0.6) is 0 Å². The van der Waals surface area contributed by atoms with E-state index in [9.17, 15) is 19.2 Å². The second kappa shape index (κ2) is 4.47. The molecule has 0 aromatic carbocycles. The number of aromatic amines is 2. The van der Waals surface area contributed by atoms with Gasteiger partial charge >= 0.3 is 11.7 Å². The number of rotatable bonds is 2. The Labute approximate surface area is 100 Å². The molecule has 1 amide bonds. The molecule has 0 radical (unpaired) electrons. The minimum absolute atomic E-state index is 0.197. The van der Waals surface area contributed by atoms with Crippen molar-refractivity contribution in [3.05, 3.63) is 32.6 Å². The Kier molecular flexibility index (Phi) is 3.00. The van der Waals surface area contributed by atoms with Gasteiger partial charge in [0, 0.05) is 12.6 Å². The lowest BCUT2D eigenvalue weighted by Crippen LogP contribution is -2.42. The third-order valence-corrected chi connectivity index (χ3v) is 2.79. The van der Waals surface area contributed by atoms with Crippen LogP contribution >= 0.6 is 0 Å². The van der Waals surface area contributed by atoms with Gasteiger partial charge in [0.1, 0.15) is 11.7 Å². The maximum Gasteiger partial charge on any atom is 0.326 e. The highest BCUT2D eigenvalue weighted by molar-refractivity contribution is 5.95. The quantitative estimate of drug-likeness (QED) is 0.607. The molecule has 96 valence electrons. The van der Waals surface area contributed by atoms with E-state index in [1.807, 2.05) is 4.98 Å². The van der Waals surface area contributed by atoms with Crippen LogP contribution in [0.1, 0.15) is 23.3 Å². The number of aromatic nitrogens is 2. The zero-order valence-electron chi connectivity index (χ0n) is 9.30. The molecule has 0 aliphatic carbocycles. The predicted octanol–water partition coefficient (Wildman–Crippen LogP) is -1.25. The van der Waals surface area contributed by atoms with Gasteiger partial charge in [-0.1, -0.05) is 0 Å². The average Bonchev–Trinajstić information content (AvgIpc) is 2.75. The van der Waals surface area contributed by atoms with Crippen molar-refractivity contribution < 1.29 is 14.7 Å². The van der Waals surface area contributed by atoms with Crippen LogP contribution in [0.25, 0.3) is 0 Å². The van der Waals surface area contributed by atoms with Crippen molar-refractivity contribution in [1.29, 1.82) is 0 Å². The Morgan fingerprint density at radius 2 is 2.06 bits per heavy atom. The predicted molar refractivity (Wildman–Crippen MR) is 59.4 cm³/mol. The zero-order valence-corrected chi connectivity index (χ0v) is 9.30. The average molecular weight is 253 g/mol. The van der Waals surface area contributed by atoms with Gasteiger partial charge in [0.15, 0.2) is 0 Å². The maximum atomic E-state index is 12.0. The molecule has 8 nitrogen and oxygen atoms in total. The summed E-state index contributed by atoms with van der Waals surface area (Å²) in [4.78, 5) is 50.4. The summed E-state index contributed by atoms with van der Waals surface area (Å²) < 4.78 is 0. The second-order valence-electron chi connectivity index (χ2n) is 4.00. The van der Waals surface area contributed by atoms with E-state index < -0.39 is 29.2 Å². The summed E-state index contributed by atoms with van der Waals surface area (Å²) in [5, 5.41) is 8.95. The van der Waals surface area contributed by atoms with E-state index in [-0.39, 0.29) is 5.69 Å². The van der Waals surface area contributed by atoms with Crippen molar-refractivity contribution >= 4 is 11.9 Å². The van der Waals surface area contributed by atoms with Gasteiger partial charge in [0.25, 0.3) is 11.5 Å². The highest BCUT2D eigenvalue weighted by Gasteiger charge is 2.34. The summed E-state index contributed by atoms with van der Waals surface area (Å²) in [6, 6.07) is 0.0429. The summed E-state index contributed by atoms with van der Waals surface area (Å²) >= 11 is 0. The number of amides is 1. The van der Waals surface area contributed by atoms with Gasteiger partial charge in [-0.05, 0) is 12.8 Å². The topological polar surface area (TPSA) is 123 Å². The number of carbonyl (C=O) groups is 2. The van der Waals surface area contributed by atoms with E-state index in [1.54, 1.807) is 0 Å². The molecule has 0 unspecified atom stereocenters. The molecule has 2 heterocycles. The highest BCUT2D eigenvalue weighted by Crippen LogP contribution is 2.18. The highest BCUT2D eigenvalue weighted by atomic mass is 16.4. The van der Waals surface area contributed by atoms with E-state index in [4.69, 9.17) is 5.11 Å². The third kappa shape index (κ3) is 2.17. The molecule has 1 aromatic heterocycles. The van der Waals surface area contributed by atoms with Crippen LogP contribution in [0.15, 0.2) is 15.7 Å². The van der Waals surface area contributed by atoms with Crippen molar-refractivity contribution in [1.82, 2.24) is 14.9 Å². The Morgan fingerprint density at radius 3 is 2.67 bits per heavy atom. The third-order valence-electron chi connectivity index (χ3n) is 2.79. The molecule has 0 spiro atoms. The fourth-order valence-electron chi connectivity index (χ4n) is 2.01. The number of aliphatic carboxylic acids is 1. The molecule has 2 rings (SSSR count). The largest absolute Gasteiger partial charge is 0.480 e. The molecule has 1 aliphatic heterocycles. The molecular formula is C10H11N3O5. The van der Waals surface area contributed by atoms with Gasteiger partial charge in [0.2, 0.25) is 0 Å². The van der Waals surface area contributed by atoms with Gasteiger partial charge in [-0.3, -0.25) is 14.6 Å². The molecule has 1 fully saturated rings. The first-order chi connectivity index (χ1) is 8.49. The van der Waals surface area contributed by atoms with E-state index in [0.717, 1.165) is 11.0 Å². The molecule has 3 N–H and O–H groups in total. The molecule has 8 heteroatoms. The Morgan fingerprint density at radius 1 is 1.33 bits per heavy atom. The number of hydrogen-bond donors (Lipinski definition) is 3. The number of likely N-dealkylation sites (tertiary alicyclic amines) is 1. The molecule has 18 heavy (non-hydrogen) atoms. The fourth-order valence-corrected chi connectivity index (χ4v) is 2.01. The monoisotopic (exact) mass is 253 g/mol. The Balaban J connectivity index is 2.33. The van der Waals surface area contributed by atoms with Crippen LogP contribution in [0.3, 0.4) is 0 Å². The molecule has 1 aromatic rings. The van der Waals surface area contributed by atoms with Crippen LogP contribution in [0.2, 0.25) is 0 Å². The maximum absolute atomic E-state index is 12.0. The number of nitrogens with zero attached hydrogens (tertiary/aromatic N) is 1. The molecular weight excluding hydrogens is 242 g/mol. The van der Waals surface area contributed by atoms with E-state index in [2.05, 4.69) is 4.98 Å². The first-order valence-electron chi connectivity index (χ1n) is 5.36. The lowest BCUT2D eigenvalue weighted by Gasteiger charge is -2.20. The van der Waals surface area contributed by atoms with Crippen molar-refractivity contribution in [2.45, 2.75) is 18.9 Å². The lowest BCUT2D eigenvalue weighted by molar-refractivity contribution is -0.141. The van der Waals surface area contributed by atoms with Crippen molar-refractivity contribution in [3.8, 4) is 0 Å². The van der Waals surface area contributed by atoms with Gasteiger partial charge in [-0.25, -0.2) is 9.59 Å². The van der Waals surface area contributed by atoms with E-state index in [0.29, 0.717) is 19.4 Å². The number of hydrogen-bond acceptors (Lipinski definition) is 4. The number of carboxylic acids is 1. The number of H-pyrrole nitrogens is 2. The standard InChI is InChI=1S/C10H11N3O5/c14-7-4-5(11-10(18)12-7)8(15)13-3-1-2-6(13)9(16)17/h4,6H,1-3H2,(H,16,17)(H2,11,12,14,18)/t6-/m1/s1. The summed E-state index contributed by atoms with van der Waals surface area (Å²) in [5.41, 5.74) is -1.69. The fraction of sp³-hybridized carbons (Fsp3) is 0.400. The van der Waals surface area contributed by atoms with Crippen LogP contribution in [-0.2, 0) is 4.79 Å². The van der Waals surface area contributed by atoms with E-state index >= 15 is 0 Å². The molecule has 1 aliphatic rings. The van der Waals surface area contributed by atoms with Crippen molar-refractivity contribution in [2.75, 3.05) is 6.54 Å². The van der Waals surface area contributed by atoms with Crippen LogP contribution < -0.4 is 11.2 Å². The van der Waals surface area contributed by atoms with Crippen molar-refractivity contribution in [2.24, 2.45) is 0 Å². The lowest BCUT2D eigenvalue weighted by atomic mass is 10.2. The number of carboxylic acid groups (broad SMARTS) is 1. The minimum atomic E-state index is -1.09. The Bertz CT molecular complexity index is 574. The first-order valence-corrected chi connectivity index (χ1v) is 5.36. The van der Waals surface area contributed by atoms with Gasteiger partial charge in [0.05, 0.1) is 0 Å². The summed E-state index contributed by atoms with van der Waals surface area (Å²) in [5.74, 6) is -1.74. The SMILES string of the molecule is O=C(O)[C@H]1CCCN1C(=O)c1cc(=O)[nH]c(=O)[nH]1. The van der Waals surface area contributed by atoms with Crippen LogP contribution in [0.4, 0.5) is 0 Å². The minimum Gasteiger partial charge on any atom is -0.480 e. The smallest absolute Gasteiger partial charge is 0.326 e. The second-order valence-corrected chi connectivity index (χ2v) is 4.00. The van der Waals surface area contributed by atoms with Crippen LogP contribution in [-0.4, -0.2) is 44.4 Å². The Hall–Kier alpha value is -2.38.